The lowest BCUT2D eigenvalue weighted by Crippen LogP contribution is -2.11. The molecule has 0 spiro atoms. The summed E-state index contributed by atoms with van der Waals surface area (Å²) in [4.78, 5) is 0. The number of aliphatic hydroxyl groups excluding tert-OH is 1. The Bertz CT molecular complexity index is 675. The molecule has 22 heavy (non-hydrogen) atoms. The summed E-state index contributed by atoms with van der Waals surface area (Å²) >= 11 is 0. The number of aliphatic hydroxyl groups is 1. The van der Waals surface area contributed by atoms with Gasteiger partial charge >= 0.3 is 6.18 Å². The Morgan fingerprint density at radius 1 is 1.14 bits per heavy atom. The maximum atomic E-state index is 12.4. The second kappa shape index (κ2) is 6.50. The van der Waals surface area contributed by atoms with Gasteiger partial charge in [0.1, 0.15) is 18.5 Å². The van der Waals surface area contributed by atoms with E-state index in [-0.39, 0.29) is 6.61 Å². The van der Waals surface area contributed by atoms with Crippen LogP contribution in [0.1, 0.15) is 22.8 Å². The summed E-state index contributed by atoms with van der Waals surface area (Å²) in [6, 6.07) is 12.6. The third-order valence-corrected chi connectivity index (χ3v) is 2.99. The fourth-order valence-electron chi connectivity index (χ4n) is 1.82. The van der Waals surface area contributed by atoms with E-state index in [1.54, 1.807) is 18.2 Å². The second-order valence-electron chi connectivity index (χ2n) is 4.59. The molecular weight excluding hydrogens is 295 g/mol. The first-order valence-electron chi connectivity index (χ1n) is 6.38. The maximum absolute atomic E-state index is 12.4. The van der Waals surface area contributed by atoms with E-state index in [4.69, 9.17) is 10.00 Å². The molecule has 0 bridgehead atoms. The predicted octanol–water partition coefficient (Wildman–Crippen LogP) is 3.69. The lowest BCUT2D eigenvalue weighted by Gasteiger charge is -2.14. The van der Waals surface area contributed by atoms with Crippen LogP contribution in [0.5, 0.6) is 5.75 Å². The van der Waals surface area contributed by atoms with Crippen LogP contribution in [0.4, 0.5) is 13.2 Å². The van der Waals surface area contributed by atoms with Crippen LogP contribution in [0.3, 0.4) is 0 Å². The van der Waals surface area contributed by atoms with Crippen LogP contribution in [0.2, 0.25) is 0 Å². The van der Waals surface area contributed by atoms with Crippen molar-refractivity contribution in [1.82, 2.24) is 0 Å². The number of rotatable bonds is 4. The molecule has 0 saturated carbocycles. The summed E-state index contributed by atoms with van der Waals surface area (Å²) in [7, 11) is 0. The van der Waals surface area contributed by atoms with Crippen LogP contribution in [-0.4, -0.2) is 11.7 Å². The minimum Gasteiger partial charge on any atom is -0.490 e. The van der Waals surface area contributed by atoms with E-state index in [9.17, 15) is 18.3 Å². The Hall–Kier alpha value is -2.52. The highest BCUT2D eigenvalue weighted by Crippen LogP contribution is 2.30. The molecule has 2 aromatic carbocycles. The molecule has 0 aliphatic carbocycles. The van der Waals surface area contributed by atoms with Crippen LogP contribution >= 0.6 is 0 Å². The number of hydrogen-bond acceptors (Lipinski definition) is 3. The molecule has 1 N–H and O–H groups in total. The number of nitrogens with zero attached hydrogens (tertiary/aromatic N) is 1. The first-order chi connectivity index (χ1) is 10.4. The molecule has 6 heteroatoms. The Kier molecular flexibility index (Phi) is 4.68. The summed E-state index contributed by atoms with van der Waals surface area (Å²) in [6.45, 7) is -0.125. The molecule has 2 aromatic rings. The lowest BCUT2D eigenvalue weighted by molar-refractivity contribution is -0.137. The van der Waals surface area contributed by atoms with Crippen molar-refractivity contribution < 1.29 is 23.0 Å². The summed E-state index contributed by atoms with van der Waals surface area (Å²) < 4.78 is 42.7. The van der Waals surface area contributed by atoms with Crippen LogP contribution in [-0.2, 0) is 6.18 Å². The number of ether oxygens (including phenoxy) is 1. The van der Waals surface area contributed by atoms with Crippen LogP contribution < -0.4 is 4.74 Å². The van der Waals surface area contributed by atoms with Gasteiger partial charge in [-0.15, -0.1) is 0 Å². The van der Waals surface area contributed by atoms with Crippen LogP contribution in [0.15, 0.2) is 48.5 Å². The van der Waals surface area contributed by atoms with Gasteiger partial charge in [0, 0.05) is 0 Å². The molecule has 0 heterocycles. The van der Waals surface area contributed by atoms with Crippen molar-refractivity contribution >= 4 is 0 Å². The smallest absolute Gasteiger partial charge is 0.416 e. The Labute approximate surface area is 125 Å². The van der Waals surface area contributed by atoms with Gasteiger partial charge in [0.25, 0.3) is 0 Å². The van der Waals surface area contributed by atoms with Gasteiger partial charge in [0.2, 0.25) is 0 Å². The Morgan fingerprint density at radius 2 is 1.82 bits per heavy atom. The zero-order valence-electron chi connectivity index (χ0n) is 11.3. The van der Waals surface area contributed by atoms with Gasteiger partial charge in [-0.1, -0.05) is 18.2 Å². The van der Waals surface area contributed by atoms with E-state index in [0.29, 0.717) is 16.9 Å². The van der Waals surface area contributed by atoms with E-state index in [2.05, 4.69) is 0 Å². The van der Waals surface area contributed by atoms with Crippen LogP contribution in [0.25, 0.3) is 0 Å². The second-order valence-corrected chi connectivity index (χ2v) is 4.59. The Balaban J connectivity index is 2.00. The number of hydrogen-bond donors (Lipinski definition) is 1. The van der Waals surface area contributed by atoms with E-state index >= 15 is 0 Å². The summed E-state index contributed by atoms with van der Waals surface area (Å²) in [5, 5.41) is 18.7. The van der Waals surface area contributed by atoms with Crippen molar-refractivity contribution in [2.45, 2.75) is 12.3 Å². The molecule has 0 radical (unpaired) electrons. The number of alkyl halides is 3. The van der Waals surface area contributed by atoms with Gasteiger partial charge in [-0.25, -0.2) is 0 Å². The van der Waals surface area contributed by atoms with Gasteiger partial charge in [-0.2, -0.15) is 18.4 Å². The lowest BCUT2D eigenvalue weighted by atomic mass is 10.1. The average molecular weight is 307 g/mol. The van der Waals surface area contributed by atoms with E-state index in [0.717, 1.165) is 12.1 Å². The molecule has 1 unspecified atom stereocenters. The molecule has 0 aromatic heterocycles. The molecule has 0 saturated heterocycles. The average Bonchev–Trinajstić information content (AvgIpc) is 2.52. The molecule has 3 nitrogen and oxygen atoms in total. The molecule has 114 valence electrons. The molecule has 2 rings (SSSR count). The zero-order chi connectivity index (χ0) is 16.2. The first-order valence-corrected chi connectivity index (χ1v) is 6.38. The van der Waals surface area contributed by atoms with Crippen molar-refractivity contribution in [2.75, 3.05) is 6.61 Å². The zero-order valence-corrected chi connectivity index (χ0v) is 11.3. The van der Waals surface area contributed by atoms with E-state index in [1.165, 1.54) is 18.2 Å². The van der Waals surface area contributed by atoms with Gasteiger partial charge in [0.05, 0.1) is 17.2 Å². The highest BCUT2D eigenvalue weighted by molar-refractivity contribution is 5.36. The number of benzene rings is 2. The van der Waals surface area contributed by atoms with Crippen molar-refractivity contribution in [3.63, 3.8) is 0 Å². The minimum atomic E-state index is -4.41. The maximum Gasteiger partial charge on any atom is 0.416 e. The number of nitriles is 1. The van der Waals surface area contributed by atoms with E-state index < -0.39 is 17.8 Å². The van der Waals surface area contributed by atoms with Gasteiger partial charge in [-0.3, -0.25) is 0 Å². The largest absolute Gasteiger partial charge is 0.490 e. The first kappa shape index (κ1) is 15.9. The fourth-order valence-corrected chi connectivity index (χ4v) is 1.82. The highest BCUT2D eigenvalue weighted by atomic mass is 19.4. The van der Waals surface area contributed by atoms with Gasteiger partial charge < -0.3 is 9.84 Å². The predicted molar refractivity (Wildman–Crippen MR) is 73.1 cm³/mol. The van der Waals surface area contributed by atoms with Crippen molar-refractivity contribution in [3.8, 4) is 11.8 Å². The third-order valence-electron chi connectivity index (χ3n) is 2.99. The summed E-state index contributed by atoms with van der Waals surface area (Å²) in [6.07, 6.45) is -5.47. The fraction of sp³-hybridized carbons (Fsp3) is 0.188. The van der Waals surface area contributed by atoms with Crippen LogP contribution in [0, 0.1) is 11.3 Å². The van der Waals surface area contributed by atoms with Crippen molar-refractivity contribution in [2.24, 2.45) is 0 Å². The quantitative estimate of drug-likeness (QED) is 0.937. The standard InChI is InChI=1S/C16H12F3NO2/c17-16(18,19)13-6-4-12(5-7-13)15(21)10-22-14-3-1-2-11(8-14)9-20/h1-8,15,21H,10H2. The molecule has 0 amide bonds. The number of halogens is 3. The van der Waals surface area contributed by atoms with Gasteiger partial charge in [0.15, 0.2) is 0 Å². The molecule has 0 fully saturated rings. The normalized spacial score (nSPS) is 12.5. The SMILES string of the molecule is N#Cc1cccc(OCC(O)c2ccc(C(F)(F)F)cc2)c1. The molecule has 0 aliphatic heterocycles. The highest BCUT2D eigenvalue weighted by Gasteiger charge is 2.30. The molecule has 1 atom stereocenters. The minimum absolute atomic E-state index is 0.125. The van der Waals surface area contributed by atoms with Crippen molar-refractivity contribution in [3.05, 3.63) is 65.2 Å². The van der Waals surface area contributed by atoms with Gasteiger partial charge in [-0.05, 0) is 35.9 Å². The third kappa shape index (κ3) is 3.99. The monoisotopic (exact) mass is 307 g/mol. The topological polar surface area (TPSA) is 53.2 Å². The molecular formula is C16H12F3NO2. The Morgan fingerprint density at radius 3 is 2.41 bits per heavy atom. The molecule has 0 aliphatic rings. The summed E-state index contributed by atoms with van der Waals surface area (Å²) in [5.41, 5.74) is -0.0305. The summed E-state index contributed by atoms with van der Waals surface area (Å²) in [5.74, 6) is 0.407. The van der Waals surface area contributed by atoms with E-state index in [1.807, 2.05) is 6.07 Å². The van der Waals surface area contributed by atoms with Crippen molar-refractivity contribution in [1.29, 1.82) is 5.26 Å².